The van der Waals surface area contributed by atoms with Gasteiger partial charge >= 0.3 is 5.97 Å². The van der Waals surface area contributed by atoms with Crippen LogP contribution in [0.5, 0.6) is 5.75 Å². The molecule has 6 nitrogen and oxygen atoms in total. The Labute approximate surface area is 219 Å². The molecule has 0 spiro atoms. The summed E-state index contributed by atoms with van der Waals surface area (Å²) in [6.45, 7) is 2.57. The first kappa shape index (κ1) is 26.2. The molecule has 9 heteroatoms. The van der Waals surface area contributed by atoms with Crippen molar-refractivity contribution in [3.05, 3.63) is 52.5 Å². The first-order chi connectivity index (χ1) is 17.0. The number of methoxy groups -OCH3 is 2. The molecule has 0 saturated carbocycles. The number of nitrogens with zero attached hydrogens (tertiary/aromatic N) is 2. The van der Waals surface area contributed by atoms with Crippen molar-refractivity contribution >= 4 is 51.6 Å². The van der Waals surface area contributed by atoms with Gasteiger partial charge in [0.2, 0.25) is 0 Å². The van der Waals surface area contributed by atoms with E-state index in [-0.39, 0.29) is 17.8 Å². The van der Waals surface area contributed by atoms with Gasteiger partial charge in [-0.15, -0.1) is 23.1 Å². The first-order valence-electron chi connectivity index (χ1n) is 11.8. The van der Waals surface area contributed by atoms with Crippen molar-refractivity contribution in [1.29, 1.82) is 0 Å². The second kappa shape index (κ2) is 12.4. The number of halogens is 1. The third-order valence-corrected chi connectivity index (χ3v) is 9.03. The van der Waals surface area contributed by atoms with Gasteiger partial charge in [0.15, 0.2) is 0 Å². The number of esters is 1. The number of carbonyl (C=O) groups is 1. The Kier molecular flexibility index (Phi) is 9.30. The molecule has 1 aromatic carbocycles. The van der Waals surface area contributed by atoms with E-state index in [0.717, 1.165) is 41.9 Å². The second-order valence-electron chi connectivity index (χ2n) is 8.77. The lowest BCUT2D eigenvalue weighted by Gasteiger charge is -2.37. The molecule has 188 valence electrons. The van der Waals surface area contributed by atoms with Gasteiger partial charge in [-0.05, 0) is 67.4 Å². The zero-order valence-corrected chi connectivity index (χ0v) is 22.4. The normalized spacial score (nSPS) is 19.5. The largest absolute Gasteiger partial charge is 0.497 e. The molecule has 2 aromatic heterocycles. The summed E-state index contributed by atoms with van der Waals surface area (Å²) >= 11 is 10.1. The molecule has 1 fully saturated rings. The molecule has 35 heavy (non-hydrogen) atoms. The quantitative estimate of drug-likeness (QED) is 0.265. The second-order valence-corrected chi connectivity index (χ2v) is 11.5. The minimum Gasteiger partial charge on any atom is -0.497 e. The Morgan fingerprint density at radius 2 is 2.20 bits per heavy atom. The molecule has 0 aliphatic carbocycles. The number of piperidine rings is 1. The fourth-order valence-corrected chi connectivity index (χ4v) is 6.82. The molecule has 0 unspecified atom stereocenters. The van der Waals surface area contributed by atoms with Crippen molar-refractivity contribution in [2.75, 3.05) is 39.6 Å². The van der Waals surface area contributed by atoms with Crippen LogP contribution in [0.15, 0.2) is 46.0 Å². The van der Waals surface area contributed by atoms with Crippen molar-refractivity contribution < 1.29 is 19.4 Å². The van der Waals surface area contributed by atoms with Crippen molar-refractivity contribution in [2.45, 2.75) is 29.6 Å². The Hall–Kier alpha value is -1.84. The van der Waals surface area contributed by atoms with Gasteiger partial charge in [0.05, 0.1) is 46.7 Å². The van der Waals surface area contributed by atoms with E-state index in [9.17, 15) is 9.90 Å². The summed E-state index contributed by atoms with van der Waals surface area (Å²) < 4.78 is 11.7. The summed E-state index contributed by atoms with van der Waals surface area (Å²) in [5, 5.41) is 14.3. The third kappa shape index (κ3) is 6.68. The zero-order chi connectivity index (χ0) is 24.8. The monoisotopic (exact) mass is 534 g/mol. The van der Waals surface area contributed by atoms with Gasteiger partial charge in [-0.2, -0.15) is 0 Å². The number of pyridine rings is 1. The zero-order valence-electron chi connectivity index (χ0n) is 20.0. The van der Waals surface area contributed by atoms with Crippen molar-refractivity contribution in [3.8, 4) is 5.75 Å². The molecule has 1 saturated heterocycles. The lowest BCUT2D eigenvalue weighted by atomic mass is 9.81. The predicted octanol–water partition coefficient (Wildman–Crippen LogP) is 5.68. The Morgan fingerprint density at radius 1 is 1.34 bits per heavy atom. The van der Waals surface area contributed by atoms with Gasteiger partial charge in [-0.3, -0.25) is 4.79 Å². The molecule has 0 radical (unpaired) electrons. The third-order valence-electron chi connectivity index (χ3n) is 6.62. The van der Waals surface area contributed by atoms with E-state index in [1.165, 1.54) is 11.3 Å². The standard InChI is InChI=1S/C26H31ClN2O4S2/c1-32-19-6-7-22-18(14-19)15-21(27)25(28-22)23(30)8-5-17-9-10-29(16-20(17)26(31)33-2)11-13-35-24-4-3-12-34-24/h3-4,6-7,12,14-15,17,20,23,30H,5,8-11,13,16H2,1-2H3/t17-,20+,23+/m0/s1. The van der Waals surface area contributed by atoms with Crippen LogP contribution in [-0.4, -0.2) is 60.6 Å². The fraction of sp³-hybridized carbons (Fsp3) is 0.462. The summed E-state index contributed by atoms with van der Waals surface area (Å²) in [6, 6.07) is 11.6. The van der Waals surface area contributed by atoms with Crippen molar-refractivity contribution in [2.24, 2.45) is 11.8 Å². The number of thioether (sulfide) groups is 1. The smallest absolute Gasteiger partial charge is 0.310 e. The maximum absolute atomic E-state index is 12.6. The number of fused-ring (bicyclic) bond motifs is 1. The van der Waals surface area contributed by atoms with Gasteiger partial charge in [0, 0.05) is 24.2 Å². The number of aliphatic hydroxyl groups is 1. The average Bonchev–Trinajstić information content (AvgIpc) is 3.40. The number of carbonyl (C=O) groups excluding carboxylic acids is 1. The van der Waals surface area contributed by atoms with E-state index >= 15 is 0 Å². The number of ether oxygens (including phenoxy) is 2. The predicted molar refractivity (Wildman–Crippen MR) is 143 cm³/mol. The van der Waals surface area contributed by atoms with E-state index in [1.807, 2.05) is 36.0 Å². The van der Waals surface area contributed by atoms with Gasteiger partial charge in [0.25, 0.3) is 0 Å². The molecule has 3 heterocycles. The van der Waals surface area contributed by atoms with Gasteiger partial charge in [0.1, 0.15) is 5.75 Å². The lowest BCUT2D eigenvalue weighted by Crippen LogP contribution is -2.45. The number of thiophene rings is 1. The SMILES string of the molecule is COC(=O)[C@@H]1CN(CCSc2cccs2)CC[C@@H]1CC[C@@H](O)c1nc2ccc(OC)cc2cc1Cl. The molecule has 0 amide bonds. The number of likely N-dealkylation sites (tertiary alicyclic amines) is 1. The molecule has 3 aromatic rings. The van der Waals surface area contributed by atoms with Crippen LogP contribution in [-0.2, 0) is 9.53 Å². The lowest BCUT2D eigenvalue weighted by molar-refractivity contribution is -0.150. The highest BCUT2D eigenvalue weighted by molar-refractivity contribution is 8.01. The molecule has 0 bridgehead atoms. The Morgan fingerprint density at radius 3 is 2.94 bits per heavy atom. The van der Waals surface area contributed by atoms with Crippen LogP contribution in [0.1, 0.15) is 31.1 Å². The van der Waals surface area contributed by atoms with Crippen molar-refractivity contribution in [1.82, 2.24) is 9.88 Å². The molecule has 4 rings (SSSR count). The van der Waals surface area contributed by atoms with E-state index in [0.29, 0.717) is 30.1 Å². The highest BCUT2D eigenvalue weighted by Crippen LogP contribution is 2.34. The Balaban J connectivity index is 1.36. The maximum atomic E-state index is 12.6. The molecular formula is C26H31ClN2O4S2. The first-order valence-corrected chi connectivity index (χ1v) is 14.0. The van der Waals surface area contributed by atoms with E-state index in [4.69, 9.17) is 21.1 Å². The molecule has 1 aliphatic rings. The topological polar surface area (TPSA) is 71.9 Å². The van der Waals surface area contributed by atoms with Gasteiger partial charge in [-0.25, -0.2) is 4.98 Å². The van der Waals surface area contributed by atoms with Crippen molar-refractivity contribution in [3.63, 3.8) is 0 Å². The fourth-order valence-electron chi connectivity index (χ4n) is 4.67. The average molecular weight is 535 g/mol. The Bertz CT molecular complexity index is 1130. The number of rotatable bonds is 10. The van der Waals surface area contributed by atoms with Crippen LogP contribution < -0.4 is 4.74 Å². The minimum atomic E-state index is -0.799. The minimum absolute atomic E-state index is 0.154. The highest BCUT2D eigenvalue weighted by atomic mass is 35.5. The number of hydrogen-bond acceptors (Lipinski definition) is 8. The van der Waals surface area contributed by atoms with Crippen LogP contribution in [0.4, 0.5) is 0 Å². The van der Waals surface area contributed by atoms with E-state index in [1.54, 1.807) is 18.4 Å². The van der Waals surface area contributed by atoms with E-state index in [2.05, 4.69) is 27.4 Å². The van der Waals surface area contributed by atoms with Crippen LogP contribution in [0, 0.1) is 11.8 Å². The van der Waals surface area contributed by atoms with Crippen LogP contribution >= 0.6 is 34.7 Å². The number of hydrogen-bond donors (Lipinski definition) is 1. The molecule has 1 aliphatic heterocycles. The van der Waals surface area contributed by atoms with Crippen LogP contribution in [0.3, 0.4) is 0 Å². The molecular weight excluding hydrogens is 504 g/mol. The van der Waals surface area contributed by atoms with Crippen LogP contribution in [0.2, 0.25) is 5.02 Å². The summed E-state index contributed by atoms with van der Waals surface area (Å²) in [7, 11) is 3.07. The number of benzene rings is 1. The van der Waals surface area contributed by atoms with Gasteiger partial charge in [-0.1, -0.05) is 17.7 Å². The maximum Gasteiger partial charge on any atom is 0.310 e. The number of aromatic nitrogens is 1. The number of aliphatic hydroxyl groups excluding tert-OH is 1. The summed E-state index contributed by atoms with van der Waals surface area (Å²) in [5.41, 5.74) is 1.23. The molecule has 1 N–H and O–H groups in total. The molecule has 3 atom stereocenters. The highest BCUT2D eigenvalue weighted by Gasteiger charge is 2.35. The summed E-state index contributed by atoms with van der Waals surface area (Å²) in [4.78, 5) is 19.6. The summed E-state index contributed by atoms with van der Waals surface area (Å²) in [5.74, 6) is 1.52. The van der Waals surface area contributed by atoms with E-state index < -0.39 is 6.10 Å². The van der Waals surface area contributed by atoms with Gasteiger partial charge < -0.3 is 19.5 Å². The van der Waals surface area contributed by atoms with Crippen LogP contribution in [0.25, 0.3) is 10.9 Å². The summed E-state index contributed by atoms with van der Waals surface area (Å²) in [6.07, 6.45) is 1.29.